The van der Waals surface area contributed by atoms with Crippen LogP contribution in [0.25, 0.3) is 0 Å². The van der Waals surface area contributed by atoms with Crippen molar-refractivity contribution >= 4 is 69.6 Å². The molecule has 154 valence electrons. The molecule has 0 heterocycles. The van der Waals surface area contributed by atoms with Gasteiger partial charge in [-0.1, -0.05) is 118 Å². The second-order valence-electron chi connectivity index (χ2n) is 6.85. The number of carbonyl (C=O) groups is 2. The zero-order valence-electron chi connectivity index (χ0n) is 15.8. The van der Waals surface area contributed by atoms with E-state index in [1.165, 1.54) is 6.08 Å². The molecule has 0 bridgehead atoms. The first kappa shape index (κ1) is 24.2. The highest BCUT2D eigenvalue weighted by Crippen LogP contribution is 2.44. The van der Waals surface area contributed by atoms with Crippen LogP contribution in [0.4, 0.5) is 0 Å². The molecular weight excluding hydrogens is 474 g/mol. The van der Waals surface area contributed by atoms with E-state index in [4.69, 9.17) is 58.0 Å². The highest BCUT2D eigenvalue weighted by Gasteiger charge is 2.42. The average Bonchev–Trinajstić information content (AvgIpc) is 2.64. The van der Waals surface area contributed by atoms with Gasteiger partial charge in [-0.05, 0) is 19.9 Å². The van der Waals surface area contributed by atoms with Gasteiger partial charge < -0.3 is 0 Å². The molecule has 0 aromatic heterocycles. The van der Waals surface area contributed by atoms with Crippen molar-refractivity contribution in [2.75, 3.05) is 0 Å². The van der Waals surface area contributed by atoms with Crippen molar-refractivity contribution in [3.05, 3.63) is 81.4 Å². The molecule has 0 fully saturated rings. The van der Waals surface area contributed by atoms with Gasteiger partial charge in [0.1, 0.15) is 4.49 Å². The number of benzene rings is 2. The monoisotopic (exact) mass is 490 g/mol. The van der Waals surface area contributed by atoms with E-state index in [1.807, 2.05) is 26.0 Å². The van der Waals surface area contributed by atoms with Gasteiger partial charge in [0.05, 0.1) is 5.92 Å². The molecule has 2 nitrogen and oxygen atoms in total. The van der Waals surface area contributed by atoms with Crippen LogP contribution in [0.2, 0.25) is 0 Å². The van der Waals surface area contributed by atoms with Crippen LogP contribution in [0.3, 0.4) is 0 Å². The second-order valence-corrected chi connectivity index (χ2v) is 10.2. The third kappa shape index (κ3) is 7.01. The molecule has 0 aliphatic heterocycles. The molecule has 0 saturated carbocycles. The van der Waals surface area contributed by atoms with Crippen LogP contribution in [0.1, 0.15) is 38.3 Å². The van der Waals surface area contributed by atoms with Crippen molar-refractivity contribution in [3.8, 4) is 0 Å². The van der Waals surface area contributed by atoms with E-state index in [9.17, 15) is 9.59 Å². The maximum Gasteiger partial charge on any atom is 0.194 e. The summed E-state index contributed by atoms with van der Waals surface area (Å²) in [7, 11) is 0. The summed E-state index contributed by atoms with van der Waals surface area (Å²) < 4.78 is -2.04. The molecule has 2 unspecified atom stereocenters. The quantitative estimate of drug-likeness (QED) is 0.293. The average molecular weight is 493 g/mol. The van der Waals surface area contributed by atoms with Gasteiger partial charge in [-0.2, -0.15) is 0 Å². The summed E-state index contributed by atoms with van der Waals surface area (Å²) in [4.78, 5) is 26.0. The van der Waals surface area contributed by atoms with Crippen molar-refractivity contribution in [2.24, 2.45) is 11.8 Å². The molecule has 0 amide bonds. The van der Waals surface area contributed by atoms with E-state index in [0.29, 0.717) is 11.1 Å². The fourth-order valence-electron chi connectivity index (χ4n) is 2.92. The number of aryl methyl sites for hydroxylation is 2. The Morgan fingerprint density at radius 3 is 1.72 bits per heavy atom. The Morgan fingerprint density at radius 2 is 1.31 bits per heavy atom. The van der Waals surface area contributed by atoms with Crippen molar-refractivity contribution in [3.63, 3.8) is 0 Å². The second kappa shape index (κ2) is 10.3. The smallest absolute Gasteiger partial charge is 0.194 e. The SMILES string of the molecule is Cc1ccc(C(=O)CC(C(C=C(Cl)Cl)C(=O)c2ccc(C)cc2)C(Cl)(Cl)Cl)cc1. The molecular formula is C22H19Cl5O2. The van der Waals surface area contributed by atoms with E-state index in [2.05, 4.69) is 0 Å². The van der Waals surface area contributed by atoms with Crippen molar-refractivity contribution < 1.29 is 9.59 Å². The molecule has 0 spiro atoms. The minimum Gasteiger partial charge on any atom is -0.294 e. The lowest BCUT2D eigenvalue weighted by molar-refractivity contribution is 0.0874. The van der Waals surface area contributed by atoms with E-state index in [0.717, 1.165) is 11.1 Å². The van der Waals surface area contributed by atoms with E-state index >= 15 is 0 Å². The Morgan fingerprint density at radius 1 is 0.862 bits per heavy atom. The van der Waals surface area contributed by atoms with Crippen LogP contribution in [0.15, 0.2) is 59.1 Å². The van der Waals surface area contributed by atoms with Crippen LogP contribution in [0, 0.1) is 25.7 Å². The molecule has 0 aliphatic carbocycles. The summed E-state index contributed by atoms with van der Waals surface area (Å²) in [6.45, 7) is 3.83. The van der Waals surface area contributed by atoms with Gasteiger partial charge in [-0.15, -0.1) is 0 Å². The summed E-state index contributed by atoms with van der Waals surface area (Å²) in [5, 5.41) is 0. The molecule has 0 radical (unpaired) electrons. The first-order valence-corrected chi connectivity index (χ1v) is 10.7. The van der Waals surface area contributed by atoms with Gasteiger partial charge in [0.25, 0.3) is 0 Å². The fraction of sp³-hybridized carbons (Fsp3) is 0.273. The van der Waals surface area contributed by atoms with Gasteiger partial charge in [0.15, 0.2) is 15.4 Å². The highest BCUT2D eigenvalue weighted by molar-refractivity contribution is 6.68. The number of halogens is 5. The predicted molar refractivity (Wildman–Crippen MR) is 123 cm³/mol. The summed E-state index contributed by atoms with van der Waals surface area (Å²) in [5.74, 6) is -2.55. The van der Waals surface area contributed by atoms with Crippen LogP contribution < -0.4 is 0 Å². The van der Waals surface area contributed by atoms with E-state index in [-0.39, 0.29) is 22.5 Å². The minimum atomic E-state index is -1.90. The van der Waals surface area contributed by atoms with Crippen molar-refractivity contribution in [1.82, 2.24) is 0 Å². The summed E-state index contributed by atoms with van der Waals surface area (Å²) in [6.07, 6.45) is 1.15. The minimum absolute atomic E-state index is 0.141. The van der Waals surface area contributed by atoms with Gasteiger partial charge in [-0.3, -0.25) is 9.59 Å². The van der Waals surface area contributed by atoms with E-state index in [1.54, 1.807) is 36.4 Å². The van der Waals surface area contributed by atoms with Crippen molar-refractivity contribution in [1.29, 1.82) is 0 Å². The lowest BCUT2D eigenvalue weighted by atomic mass is 9.82. The third-order valence-electron chi connectivity index (χ3n) is 4.58. The normalized spacial score (nSPS) is 13.5. The Hall–Kier alpha value is -1.03. The summed E-state index contributed by atoms with van der Waals surface area (Å²) >= 11 is 30.3. The summed E-state index contributed by atoms with van der Waals surface area (Å²) in [5.41, 5.74) is 2.89. The fourth-order valence-corrected chi connectivity index (χ4v) is 3.83. The lowest BCUT2D eigenvalue weighted by Crippen LogP contribution is -2.34. The number of rotatable bonds is 7. The number of alkyl halides is 3. The Bertz CT molecular complexity index is 892. The zero-order chi connectivity index (χ0) is 21.8. The Labute approximate surface area is 195 Å². The molecule has 2 rings (SSSR count). The Kier molecular flexibility index (Phi) is 8.63. The van der Waals surface area contributed by atoms with Gasteiger partial charge in [-0.25, -0.2) is 0 Å². The molecule has 2 aromatic rings. The first-order valence-electron chi connectivity index (χ1n) is 8.79. The van der Waals surface area contributed by atoms with E-state index < -0.39 is 15.6 Å². The molecule has 0 saturated heterocycles. The number of hydrogen-bond acceptors (Lipinski definition) is 2. The number of carbonyl (C=O) groups excluding carboxylic acids is 2. The maximum atomic E-state index is 13.2. The molecule has 29 heavy (non-hydrogen) atoms. The van der Waals surface area contributed by atoms with Crippen LogP contribution in [-0.2, 0) is 0 Å². The topological polar surface area (TPSA) is 34.1 Å². The van der Waals surface area contributed by atoms with Crippen LogP contribution in [0.5, 0.6) is 0 Å². The number of ketones is 2. The Balaban J connectivity index is 2.42. The zero-order valence-corrected chi connectivity index (χ0v) is 19.5. The molecule has 7 heteroatoms. The van der Waals surface area contributed by atoms with Crippen molar-refractivity contribution in [2.45, 2.75) is 24.1 Å². The van der Waals surface area contributed by atoms with Crippen LogP contribution >= 0.6 is 58.0 Å². The third-order valence-corrected chi connectivity index (χ3v) is 5.67. The molecule has 0 aliphatic rings. The number of hydrogen-bond donors (Lipinski definition) is 0. The molecule has 2 aromatic carbocycles. The largest absolute Gasteiger partial charge is 0.294 e. The number of allylic oxidation sites excluding steroid dienone is 1. The first-order chi connectivity index (χ1) is 13.5. The predicted octanol–water partition coefficient (Wildman–Crippen LogP) is 7.68. The molecule has 2 atom stereocenters. The number of Topliss-reactive ketones (excluding diaryl/α,β-unsaturated/α-hetero) is 2. The summed E-state index contributed by atoms with van der Waals surface area (Å²) in [6, 6.07) is 14.0. The van der Waals surface area contributed by atoms with Gasteiger partial charge in [0, 0.05) is 23.5 Å². The van der Waals surface area contributed by atoms with Gasteiger partial charge >= 0.3 is 0 Å². The standard InChI is InChI=1S/C22H19Cl5O2/c1-13-3-7-15(8-4-13)19(28)12-18(22(25,26)27)17(11-20(23)24)21(29)16-9-5-14(2)6-10-16/h3-11,17-18H,12H2,1-2H3. The van der Waals surface area contributed by atoms with Gasteiger partial charge in [0.2, 0.25) is 0 Å². The lowest BCUT2D eigenvalue weighted by Gasteiger charge is -2.29. The highest BCUT2D eigenvalue weighted by atomic mass is 35.6. The maximum absolute atomic E-state index is 13.2. The molecule has 0 N–H and O–H groups in total. The van der Waals surface area contributed by atoms with Crippen LogP contribution in [-0.4, -0.2) is 15.4 Å².